The van der Waals surface area contributed by atoms with E-state index in [9.17, 15) is 0 Å². The number of nitrogen functional groups attached to an aromatic ring is 1. The van der Waals surface area contributed by atoms with E-state index in [1.807, 2.05) is 0 Å². The van der Waals surface area contributed by atoms with E-state index in [1.54, 1.807) is 12.4 Å². The lowest BCUT2D eigenvalue weighted by atomic mass is 10.2. The summed E-state index contributed by atoms with van der Waals surface area (Å²) in [7, 11) is 0. The summed E-state index contributed by atoms with van der Waals surface area (Å²) in [6.07, 6.45) is 5.25. The van der Waals surface area contributed by atoms with E-state index in [0.29, 0.717) is 5.82 Å². The highest BCUT2D eigenvalue weighted by Crippen LogP contribution is 2.04. The average molecular weight is 137 g/mol. The third kappa shape index (κ3) is 1.43. The fourth-order valence-electron chi connectivity index (χ4n) is 0.807. The van der Waals surface area contributed by atoms with Crippen LogP contribution in [-0.4, -0.2) is 9.97 Å². The van der Waals surface area contributed by atoms with Gasteiger partial charge in [0.2, 0.25) is 0 Å². The van der Waals surface area contributed by atoms with Crippen LogP contribution < -0.4 is 5.73 Å². The molecule has 0 aromatic carbocycles. The smallest absolute Gasteiger partial charge is 0.145 e. The SMILES string of the molecule is CCCc1nccnc1N. The Hall–Kier alpha value is -1.12. The fraction of sp³-hybridized carbons (Fsp3) is 0.429. The molecule has 1 heterocycles. The molecule has 1 aromatic heterocycles. The van der Waals surface area contributed by atoms with Gasteiger partial charge in [0.25, 0.3) is 0 Å². The van der Waals surface area contributed by atoms with Gasteiger partial charge < -0.3 is 5.73 Å². The third-order valence-electron chi connectivity index (χ3n) is 1.29. The van der Waals surface area contributed by atoms with Crippen molar-refractivity contribution in [1.29, 1.82) is 0 Å². The first kappa shape index (κ1) is 6.99. The van der Waals surface area contributed by atoms with Crippen LogP contribution in [0.4, 0.5) is 5.82 Å². The van der Waals surface area contributed by atoms with Gasteiger partial charge in [-0.05, 0) is 6.42 Å². The van der Waals surface area contributed by atoms with Gasteiger partial charge in [-0.1, -0.05) is 13.3 Å². The molecule has 0 saturated heterocycles. The number of nitrogens with zero attached hydrogens (tertiary/aromatic N) is 2. The molecule has 10 heavy (non-hydrogen) atoms. The van der Waals surface area contributed by atoms with Crippen molar-refractivity contribution >= 4 is 5.82 Å². The van der Waals surface area contributed by atoms with Gasteiger partial charge in [-0.3, -0.25) is 4.98 Å². The topological polar surface area (TPSA) is 51.8 Å². The van der Waals surface area contributed by atoms with Crippen LogP contribution in [0.15, 0.2) is 12.4 Å². The minimum Gasteiger partial charge on any atom is -0.382 e. The molecule has 0 amide bonds. The molecule has 0 spiro atoms. The summed E-state index contributed by atoms with van der Waals surface area (Å²) in [5, 5.41) is 0. The highest BCUT2D eigenvalue weighted by Gasteiger charge is 1.96. The molecule has 3 nitrogen and oxygen atoms in total. The van der Waals surface area contributed by atoms with Gasteiger partial charge in [0.05, 0.1) is 5.69 Å². The second-order valence-electron chi connectivity index (χ2n) is 2.14. The molecule has 54 valence electrons. The van der Waals surface area contributed by atoms with E-state index in [1.165, 1.54) is 0 Å². The van der Waals surface area contributed by atoms with Crippen molar-refractivity contribution in [1.82, 2.24) is 9.97 Å². The minimum atomic E-state index is 0.560. The van der Waals surface area contributed by atoms with Crippen molar-refractivity contribution in [3.8, 4) is 0 Å². The van der Waals surface area contributed by atoms with Crippen LogP contribution in [0.5, 0.6) is 0 Å². The maximum Gasteiger partial charge on any atom is 0.145 e. The summed E-state index contributed by atoms with van der Waals surface area (Å²) >= 11 is 0. The van der Waals surface area contributed by atoms with Crippen molar-refractivity contribution in [3.63, 3.8) is 0 Å². The Morgan fingerprint density at radius 1 is 1.40 bits per heavy atom. The Bertz CT molecular complexity index is 210. The predicted octanol–water partition coefficient (Wildman–Crippen LogP) is 1.01. The summed E-state index contributed by atoms with van der Waals surface area (Å²) < 4.78 is 0. The molecule has 1 rings (SSSR count). The maximum atomic E-state index is 5.53. The molecule has 2 N–H and O–H groups in total. The lowest BCUT2D eigenvalue weighted by Gasteiger charge is -1.98. The number of hydrogen-bond acceptors (Lipinski definition) is 3. The highest BCUT2D eigenvalue weighted by molar-refractivity contribution is 5.32. The first-order chi connectivity index (χ1) is 4.84. The zero-order valence-corrected chi connectivity index (χ0v) is 6.04. The van der Waals surface area contributed by atoms with E-state index >= 15 is 0 Å². The van der Waals surface area contributed by atoms with Crippen LogP contribution in [-0.2, 0) is 6.42 Å². The molecule has 0 fully saturated rings. The first-order valence-corrected chi connectivity index (χ1v) is 3.40. The lowest BCUT2D eigenvalue weighted by molar-refractivity contribution is 0.876. The van der Waals surface area contributed by atoms with Crippen molar-refractivity contribution in [3.05, 3.63) is 18.1 Å². The van der Waals surface area contributed by atoms with Gasteiger partial charge >= 0.3 is 0 Å². The Morgan fingerprint density at radius 2 is 2.10 bits per heavy atom. The minimum absolute atomic E-state index is 0.560. The summed E-state index contributed by atoms with van der Waals surface area (Å²) in [5.74, 6) is 0.560. The normalized spacial score (nSPS) is 9.70. The number of hydrogen-bond donors (Lipinski definition) is 1. The quantitative estimate of drug-likeness (QED) is 0.661. The summed E-state index contributed by atoms with van der Waals surface area (Å²) in [6.45, 7) is 2.09. The van der Waals surface area contributed by atoms with E-state index in [-0.39, 0.29) is 0 Å². The van der Waals surface area contributed by atoms with Crippen molar-refractivity contribution in [2.45, 2.75) is 19.8 Å². The van der Waals surface area contributed by atoms with Gasteiger partial charge in [-0.25, -0.2) is 4.98 Å². The molecule has 0 radical (unpaired) electrons. The second-order valence-corrected chi connectivity index (χ2v) is 2.14. The lowest BCUT2D eigenvalue weighted by Crippen LogP contribution is -1.99. The van der Waals surface area contributed by atoms with E-state index < -0.39 is 0 Å². The standard InChI is InChI=1S/C7H11N3/c1-2-3-6-7(8)10-5-4-9-6/h4-5H,2-3H2,1H3,(H2,8,10). The van der Waals surface area contributed by atoms with Gasteiger partial charge in [0, 0.05) is 12.4 Å². The summed E-state index contributed by atoms with van der Waals surface area (Å²) in [6, 6.07) is 0. The van der Waals surface area contributed by atoms with Gasteiger partial charge in [-0.2, -0.15) is 0 Å². The largest absolute Gasteiger partial charge is 0.382 e. The summed E-state index contributed by atoms with van der Waals surface area (Å²) in [4.78, 5) is 7.99. The highest BCUT2D eigenvalue weighted by atomic mass is 14.9. The number of rotatable bonds is 2. The first-order valence-electron chi connectivity index (χ1n) is 3.40. The third-order valence-corrected chi connectivity index (χ3v) is 1.29. The van der Waals surface area contributed by atoms with E-state index in [4.69, 9.17) is 5.73 Å². The van der Waals surface area contributed by atoms with Gasteiger partial charge in [0.15, 0.2) is 0 Å². The monoisotopic (exact) mass is 137 g/mol. The van der Waals surface area contributed by atoms with Crippen molar-refractivity contribution in [2.75, 3.05) is 5.73 Å². The van der Waals surface area contributed by atoms with Crippen LogP contribution in [0, 0.1) is 0 Å². The number of anilines is 1. The zero-order chi connectivity index (χ0) is 7.40. The second kappa shape index (κ2) is 3.15. The molecule has 0 aliphatic carbocycles. The molecular formula is C7H11N3. The number of nitrogens with two attached hydrogens (primary N) is 1. The Morgan fingerprint density at radius 3 is 2.70 bits per heavy atom. The molecular weight excluding hydrogens is 126 g/mol. The Balaban J connectivity index is 2.81. The number of aromatic nitrogens is 2. The van der Waals surface area contributed by atoms with Gasteiger partial charge in [0.1, 0.15) is 5.82 Å². The zero-order valence-electron chi connectivity index (χ0n) is 6.04. The van der Waals surface area contributed by atoms with E-state index in [2.05, 4.69) is 16.9 Å². The molecule has 0 unspecified atom stereocenters. The molecule has 0 aliphatic rings. The van der Waals surface area contributed by atoms with Crippen LogP contribution in [0.3, 0.4) is 0 Å². The van der Waals surface area contributed by atoms with Crippen LogP contribution in [0.1, 0.15) is 19.0 Å². The van der Waals surface area contributed by atoms with Crippen LogP contribution in [0.2, 0.25) is 0 Å². The van der Waals surface area contributed by atoms with Crippen molar-refractivity contribution < 1.29 is 0 Å². The predicted molar refractivity (Wildman–Crippen MR) is 40.4 cm³/mol. The molecule has 3 heteroatoms. The Labute approximate surface area is 60.3 Å². The van der Waals surface area contributed by atoms with Gasteiger partial charge in [-0.15, -0.1) is 0 Å². The molecule has 0 bridgehead atoms. The molecule has 0 atom stereocenters. The molecule has 0 saturated carbocycles. The summed E-state index contributed by atoms with van der Waals surface area (Å²) in [5.41, 5.74) is 6.44. The molecule has 0 aliphatic heterocycles. The van der Waals surface area contributed by atoms with Crippen molar-refractivity contribution in [2.24, 2.45) is 0 Å². The number of aryl methyl sites for hydroxylation is 1. The van der Waals surface area contributed by atoms with Crippen LogP contribution >= 0.6 is 0 Å². The maximum absolute atomic E-state index is 5.53. The Kier molecular flexibility index (Phi) is 2.20. The molecule has 1 aromatic rings. The van der Waals surface area contributed by atoms with Crippen LogP contribution in [0.25, 0.3) is 0 Å². The van der Waals surface area contributed by atoms with E-state index in [0.717, 1.165) is 18.5 Å². The average Bonchev–Trinajstić information content (AvgIpc) is 1.94. The fourth-order valence-corrected chi connectivity index (χ4v) is 0.807.